The van der Waals surface area contributed by atoms with Gasteiger partial charge in [-0.3, -0.25) is 19.2 Å². The highest BCUT2D eigenvalue weighted by Crippen LogP contribution is 2.21. The van der Waals surface area contributed by atoms with Crippen molar-refractivity contribution in [3.63, 3.8) is 0 Å². The number of nitrogens with one attached hydrogen (secondary N) is 5. The first-order valence-electron chi connectivity index (χ1n) is 14.7. The van der Waals surface area contributed by atoms with Gasteiger partial charge in [0, 0.05) is 53.5 Å². The summed E-state index contributed by atoms with van der Waals surface area (Å²) in [6, 6.07) is 10.1. The van der Waals surface area contributed by atoms with E-state index in [0.29, 0.717) is 5.56 Å². The van der Waals surface area contributed by atoms with Gasteiger partial charge in [-0.1, -0.05) is 50.2 Å². The molecule has 4 atom stereocenters. The quantitative estimate of drug-likeness (QED) is 0.0980. The van der Waals surface area contributed by atoms with E-state index in [1.807, 2.05) is 48.5 Å². The monoisotopic (exact) mass is 618 g/mol. The largest absolute Gasteiger partial charge is 0.481 e. The van der Waals surface area contributed by atoms with Gasteiger partial charge in [0.2, 0.25) is 17.7 Å². The minimum absolute atomic E-state index is 0.0112. The highest BCUT2D eigenvalue weighted by molar-refractivity contribution is 5.95. The molecule has 0 saturated carbocycles. The molecule has 238 valence electrons. The molecule has 13 nitrogen and oxygen atoms in total. The van der Waals surface area contributed by atoms with Gasteiger partial charge in [0.05, 0.1) is 6.04 Å². The van der Waals surface area contributed by atoms with Crippen LogP contribution in [0.1, 0.15) is 37.8 Å². The van der Waals surface area contributed by atoms with Gasteiger partial charge >= 0.3 is 11.9 Å². The van der Waals surface area contributed by atoms with Crippen LogP contribution < -0.4 is 21.7 Å². The van der Waals surface area contributed by atoms with Crippen LogP contribution in [-0.2, 0) is 36.8 Å². The van der Waals surface area contributed by atoms with E-state index < -0.39 is 59.7 Å². The second-order valence-corrected chi connectivity index (χ2v) is 11.4. The maximum Gasteiger partial charge on any atom is 0.326 e. The number of H-pyrrole nitrogens is 2. The molecular formula is C32H38N6O7. The first kappa shape index (κ1) is 32.7. The molecule has 2 heterocycles. The fraction of sp³-hybridized carbons (Fsp3) is 0.344. The maximum atomic E-state index is 13.7. The summed E-state index contributed by atoms with van der Waals surface area (Å²) in [6.07, 6.45) is 3.01. The maximum absolute atomic E-state index is 13.7. The van der Waals surface area contributed by atoms with Gasteiger partial charge in [-0.05, 0) is 35.6 Å². The zero-order valence-electron chi connectivity index (χ0n) is 25.0. The highest BCUT2D eigenvalue weighted by atomic mass is 16.4. The molecule has 0 aliphatic carbocycles. The Hall–Kier alpha value is -5.17. The molecule has 4 aromatic rings. The summed E-state index contributed by atoms with van der Waals surface area (Å²) >= 11 is 0. The zero-order valence-corrected chi connectivity index (χ0v) is 25.0. The lowest BCUT2D eigenvalue weighted by Gasteiger charge is -2.27. The van der Waals surface area contributed by atoms with E-state index in [2.05, 4.69) is 25.9 Å². The molecule has 13 heteroatoms. The summed E-state index contributed by atoms with van der Waals surface area (Å²) in [7, 11) is 0. The van der Waals surface area contributed by atoms with Crippen LogP contribution >= 0.6 is 0 Å². The Morgan fingerprint density at radius 2 is 1.24 bits per heavy atom. The van der Waals surface area contributed by atoms with Crippen molar-refractivity contribution in [1.29, 1.82) is 0 Å². The van der Waals surface area contributed by atoms with Crippen LogP contribution in [0.2, 0.25) is 0 Å². The first-order chi connectivity index (χ1) is 21.4. The smallest absolute Gasteiger partial charge is 0.326 e. The lowest BCUT2D eigenvalue weighted by molar-refractivity contribution is -0.142. The van der Waals surface area contributed by atoms with Crippen molar-refractivity contribution in [3.8, 4) is 0 Å². The van der Waals surface area contributed by atoms with E-state index in [4.69, 9.17) is 10.8 Å². The third-order valence-corrected chi connectivity index (χ3v) is 7.70. The number of nitrogens with two attached hydrogens (primary N) is 1. The Morgan fingerprint density at radius 3 is 1.76 bits per heavy atom. The van der Waals surface area contributed by atoms with Crippen LogP contribution in [0.25, 0.3) is 21.8 Å². The van der Waals surface area contributed by atoms with Crippen molar-refractivity contribution in [2.75, 3.05) is 0 Å². The molecule has 9 N–H and O–H groups in total. The lowest BCUT2D eigenvalue weighted by Crippen LogP contribution is -2.59. The second kappa shape index (κ2) is 14.5. The fourth-order valence-corrected chi connectivity index (χ4v) is 5.19. The number of benzene rings is 2. The Bertz CT molecular complexity index is 1690. The Balaban J connectivity index is 1.52. The van der Waals surface area contributed by atoms with Crippen LogP contribution in [0.5, 0.6) is 0 Å². The second-order valence-electron chi connectivity index (χ2n) is 11.4. The number of carboxylic acids is 2. The molecule has 4 rings (SSSR count). The Morgan fingerprint density at radius 1 is 0.733 bits per heavy atom. The van der Waals surface area contributed by atoms with Crippen LogP contribution in [0.3, 0.4) is 0 Å². The molecule has 2 aromatic carbocycles. The predicted molar refractivity (Wildman–Crippen MR) is 167 cm³/mol. The van der Waals surface area contributed by atoms with Gasteiger partial charge in [-0.15, -0.1) is 0 Å². The van der Waals surface area contributed by atoms with Gasteiger partial charge < -0.3 is 41.9 Å². The number of carboxylic acid groups (broad SMARTS) is 2. The third kappa shape index (κ3) is 8.26. The van der Waals surface area contributed by atoms with Crippen molar-refractivity contribution in [1.82, 2.24) is 25.9 Å². The Labute approximate surface area is 258 Å². The van der Waals surface area contributed by atoms with Crippen LogP contribution in [0, 0.1) is 5.92 Å². The summed E-state index contributed by atoms with van der Waals surface area (Å²) in [5.41, 5.74) is 9.01. The summed E-state index contributed by atoms with van der Waals surface area (Å²) in [5.74, 6) is -4.88. The average molecular weight is 619 g/mol. The molecule has 0 spiro atoms. The molecule has 45 heavy (non-hydrogen) atoms. The predicted octanol–water partition coefficient (Wildman–Crippen LogP) is 1.82. The van der Waals surface area contributed by atoms with Crippen molar-refractivity contribution >= 4 is 51.5 Å². The standard InChI is InChI=1S/C32H38N6O7/c1-17(2)28(31(43)37-26(32(44)45)14-19-16-35-24-10-6-4-8-21(19)24)38-30(42)25(36-29(41)22(33)11-12-27(39)40)13-18-15-34-23-9-5-3-7-20(18)23/h3-10,15-17,22,25-26,28,34-35H,11-14,33H2,1-2H3,(H,36,41)(H,37,43)(H,38,42)(H,39,40)(H,44,45). The van der Waals surface area contributed by atoms with Gasteiger partial charge in [-0.25, -0.2) is 4.79 Å². The number of fused-ring (bicyclic) bond motifs is 2. The molecule has 0 bridgehead atoms. The fourth-order valence-electron chi connectivity index (χ4n) is 5.19. The first-order valence-corrected chi connectivity index (χ1v) is 14.7. The number of aromatic amines is 2. The molecule has 0 fully saturated rings. The number of para-hydroxylation sites is 2. The van der Waals surface area contributed by atoms with E-state index in [0.717, 1.165) is 27.4 Å². The molecule has 0 saturated heterocycles. The number of hydrogen-bond acceptors (Lipinski definition) is 6. The van der Waals surface area contributed by atoms with E-state index in [1.165, 1.54) is 0 Å². The normalized spacial score (nSPS) is 14.0. The van der Waals surface area contributed by atoms with Crippen molar-refractivity contribution < 1.29 is 34.2 Å². The molecule has 4 unspecified atom stereocenters. The molecular weight excluding hydrogens is 580 g/mol. The summed E-state index contributed by atoms with van der Waals surface area (Å²) in [5, 5.41) is 28.5. The number of aromatic nitrogens is 2. The number of carbonyl (C=O) groups is 5. The zero-order chi connectivity index (χ0) is 32.7. The van der Waals surface area contributed by atoms with Gasteiger partial charge in [0.25, 0.3) is 0 Å². The van der Waals surface area contributed by atoms with Crippen molar-refractivity contribution in [3.05, 3.63) is 72.1 Å². The van der Waals surface area contributed by atoms with Gasteiger partial charge in [0.15, 0.2) is 0 Å². The topological polar surface area (TPSA) is 219 Å². The van der Waals surface area contributed by atoms with Crippen molar-refractivity contribution in [2.24, 2.45) is 11.7 Å². The van der Waals surface area contributed by atoms with E-state index in [9.17, 15) is 29.1 Å². The van der Waals surface area contributed by atoms with Gasteiger partial charge in [0.1, 0.15) is 18.1 Å². The minimum atomic E-state index is -1.27. The van der Waals surface area contributed by atoms with E-state index >= 15 is 0 Å². The number of amides is 3. The summed E-state index contributed by atoms with van der Waals surface area (Å²) in [6.45, 7) is 3.41. The van der Waals surface area contributed by atoms with Crippen LogP contribution in [0.4, 0.5) is 0 Å². The van der Waals surface area contributed by atoms with Crippen LogP contribution in [-0.4, -0.2) is 74.0 Å². The molecule has 2 aromatic heterocycles. The number of carbonyl (C=O) groups excluding carboxylic acids is 3. The summed E-state index contributed by atoms with van der Waals surface area (Å²) in [4.78, 5) is 69.4. The number of hydrogen-bond donors (Lipinski definition) is 8. The van der Waals surface area contributed by atoms with E-state index in [-0.39, 0.29) is 25.7 Å². The lowest BCUT2D eigenvalue weighted by atomic mass is 9.99. The highest BCUT2D eigenvalue weighted by Gasteiger charge is 2.33. The molecule has 0 aliphatic heterocycles. The number of rotatable bonds is 15. The Kier molecular flexibility index (Phi) is 10.6. The van der Waals surface area contributed by atoms with Crippen molar-refractivity contribution in [2.45, 2.75) is 63.7 Å². The molecule has 0 radical (unpaired) electrons. The molecule has 0 aliphatic rings. The van der Waals surface area contributed by atoms with E-state index in [1.54, 1.807) is 26.2 Å². The SMILES string of the molecule is CC(C)C(NC(=O)C(Cc1c[nH]c2ccccc12)NC(=O)C(N)CCC(=O)O)C(=O)NC(Cc1c[nH]c2ccccc12)C(=O)O. The van der Waals surface area contributed by atoms with Crippen LogP contribution in [0.15, 0.2) is 60.9 Å². The summed E-state index contributed by atoms with van der Waals surface area (Å²) < 4.78 is 0. The average Bonchev–Trinajstić information content (AvgIpc) is 3.61. The molecule has 3 amide bonds. The third-order valence-electron chi connectivity index (χ3n) is 7.70. The number of aliphatic carboxylic acids is 2. The van der Waals surface area contributed by atoms with Gasteiger partial charge in [-0.2, -0.15) is 0 Å². The minimum Gasteiger partial charge on any atom is -0.481 e.